The number of benzene rings is 1. The van der Waals surface area contributed by atoms with Crippen molar-refractivity contribution in [3.05, 3.63) is 34.9 Å². The summed E-state index contributed by atoms with van der Waals surface area (Å²) in [4.78, 5) is 2.50. The maximum absolute atomic E-state index is 5.97. The van der Waals surface area contributed by atoms with Crippen LogP contribution in [-0.2, 0) is 0 Å². The first-order valence-corrected chi connectivity index (χ1v) is 9.16. The Kier molecular flexibility index (Phi) is 9.85. The largest absolute Gasteiger partial charge is 0.315 e. The third-order valence-corrected chi connectivity index (χ3v) is 4.62. The summed E-state index contributed by atoms with van der Waals surface area (Å²) in [6.07, 6.45) is 0. The minimum Gasteiger partial charge on any atom is -0.315 e. The molecule has 0 heterocycles. The number of hydrogen-bond donors (Lipinski definition) is 3. The Morgan fingerprint density at radius 2 is 1.71 bits per heavy atom. The highest BCUT2D eigenvalue weighted by atomic mass is 35.5. The highest BCUT2D eigenvalue weighted by molar-refractivity contribution is 7.80. The first kappa shape index (κ1) is 19.2. The number of halogens is 1. The summed E-state index contributed by atoms with van der Waals surface area (Å²) in [5.74, 6) is 2.22. The molecule has 1 aromatic carbocycles. The van der Waals surface area contributed by atoms with Gasteiger partial charge in [-0.05, 0) is 30.5 Å². The van der Waals surface area contributed by atoms with Crippen LogP contribution in [0.4, 0.5) is 0 Å². The number of hydrogen-bond acceptors (Lipinski definition) is 4. The van der Waals surface area contributed by atoms with Gasteiger partial charge >= 0.3 is 0 Å². The third kappa shape index (κ3) is 6.83. The standard InChI is InChI=1S/C16H27ClN2S2/c1-13(15-3-5-16(17)6-4-15)14(2)19(10-12-21)9-7-18-8-11-20/h3-6,13-14,18,20-21H,7-12H2,1-2H3/t13-,14-/m1/s1. The number of nitrogens with one attached hydrogen (secondary N) is 1. The molecule has 0 aliphatic carbocycles. The molecule has 0 saturated heterocycles. The zero-order valence-corrected chi connectivity index (χ0v) is 15.5. The zero-order valence-electron chi connectivity index (χ0n) is 12.9. The van der Waals surface area contributed by atoms with Crippen molar-refractivity contribution in [3.63, 3.8) is 0 Å². The average Bonchev–Trinajstić information content (AvgIpc) is 2.50. The lowest BCUT2D eigenvalue weighted by atomic mass is 9.93. The van der Waals surface area contributed by atoms with Gasteiger partial charge < -0.3 is 5.32 Å². The van der Waals surface area contributed by atoms with Crippen molar-refractivity contribution in [1.29, 1.82) is 0 Å². The fourth-order valence-corrected chi connectivity index (χ4v) is 2.98. The van der Waals surface area contributed by atoms with E-state index in [0.717, 1.165) is 42.7 Å². The van der Waals surface area contributed by atoms with Crippen molar-refractivity contribution < 1.29 is 0 Å². The molecular formula is C16H27ClN2S2. The van der Waals surface area contributed by atoms with E-state index in [9.17, 15) is 0 Å². The molecule has 0 aliphatic rings. The van der Waals surface area contributed by atoms with E-state index < -0.39 is 0 Å². The van der Waals surface area contributed by atoms with Crippen LogP contribution in [0.3, 0.4) is 0 Å². The highest BCUT2D eigenvalue weighted by Crippen LogP contribution is 2.24. The van der Waals surface area contributed by atoms with Gasteiger partial charge in [0.25, 0.3) is 0 Å². The van der Waals surface area contributed by atoms with Crippen LogP contribution >= 0.6 is 36.9 Å². The van der Waals surface area contributed by atoms with Gasteiger partial charge in [-0.2, -0.15) is 25.3 Å². The van der Waals surface area contributed by atoms with Gasteiger partial charge in [0.05, 0.1) is 0 Å². The molecule has 0 aromatic heterocycles. The lowest BCUT2D eigenvalue weighted by Gasteiger charge is -2.33. The van der Waals surface area contributed by atoms with Crippen LogP contribution in [-0.4, -0.2) is 48.6 Å². The van der Waals surface area contributed by atoms with Crippen LogP contribution in [0.25, 0.3) is 0 Å². The van der Waals surface area contributed by atoms with E-state index in [-0.39, 0.29) is 0 Å². The Hall–Kier alpha value is 0.130. The lowest BCUT2D eigenvalue weighted by Crippen LogP contribution is -2.42. The van der Waals surface area contributed by atoms with Crippen LogP contribution in [0, 0.1) is 0 Å². The Bertz CT molecular complexity index is 386. The van der Waals surface area contributed by atoms with Crippen molar-refractivity contribution in [2.45, 2.75) is 25.8 Å². The topological polar surface area (TPSA) is 15.3 Å². The Morgan fingerprint density at radius 1 is 1.05 bits per heavy atom. The van der Waals surface area contributed by atoms with E-state index in [0.29, 0.717) is 12.0 Å². The smallest absolute Gasteiger partial charge is 0.0406 e. The van der Waals surface area contributed by atoms with E-state index in [1.807, 2.05) is 12.1 Å². The van der Waals surface area contributed by atoms with Crippen molar-refractivity contribution in [2.24, 2.45) is 0 Å². The van der Waals surface area contributed by atoms with Gasteiger partial charge in [0, 0.05) is 48.7 Å². The van der Waals surface area contributed by atoms with E-state index in [4.69, 9.17) is 11.6 Å². The van der Waals surface area contributed by atoms with Crippen LogP contribution in [0.2, 0.25) is 5.02 Å². The fraction of sp³-hybridized carbons (Fsp3) is 0.625. The molecule has 1 aromatic rings. The van der Waals surface area contributed by atoms with Crippen molar-refractivity contribution in [3.8, 4) is 0 Å². The van der Waals surface area contributed by atoms with Gasteiger partial charge in [-0.1, -0.05) is 30.7 Å². The molecule has 0 radical (unpaired) electrons. The maximum Gasteiger partial charge on any atom is 0.0406 e. The fourth-order valence-electron chi connectivity index (χ4n) is 2.44. The summed E-state index contributed by atoms with van der Waals surface area (Å²) in [6, 6.07) is 8.66. The summed E-state index contributed by atoms with van der Waals surface area (Å²) in [5, 5.41) is 4.20. The summed E-state index contributed by atoms with van der Waals surface area (Å²) in [5.41, 5.74) is 1.33. The summed E-state index contributed by atoms with van der Waals surface area (Å²) >= 11 is 14.6. The maximum atomic E-state index is 5.97. The molecule has 0 unspecified atom stereocenters. The second-order valence-corrected chi connectivity index (χ2v) is 6.64. The molecule has 120 valence electrons. The first-order chi connectivity index (χ1) is 10.1. The molecule has 1 rings (SSSR count). The van der Waals surface area contributed by atoms with Crippen LogP contribution < -0.4 is 5.32 Å². The monoisotopic (exact) mass is 346 g/mol. The molecule has 0 amide bonds. The summed E-state index contributed by atoms with van der Waals surface area (Å²) in [7, 11) is 0. The molecule has 0 aliphatic heterocycles. The Morgan fingerprint density at radius 3 is 2.29 bits per heavy atom. The second-order valence-electron chi connectivity index (χ2n) is 5.31. The lowest BCUT2D eigenvalue weighted by molar-refractivity contribution is 0.200. The van der Waals surface area contributed by atoms with E-state index in [1.54, 1.807) is 0 Å². The van der Waals surface area contributed by atoms with Gasteiger partial charge in [0.1, 0.15) is 0 Å². The number of nitrogens with zero attached hydrogens (tertiary/aromatic N) is 1. The molecule has 0 fully saturated rings. The van der Waals surface area contributed by atoms with E-state index in [1.165, 1.54) is 5.56 Å². The second kappa shape index (κ2) is 10.8. The first-order valence-electron chi connectivity index (χ1n) is 7.52. The third-order valence-electron chi connectivity index (χ3n) is 3.95. The number of thiol groups is 2. The Balaban J connectivity index is 2.61. The quantitative estimate of drug-likeness (QED) is 0.443. The summed E-state index contributed by atoms with van der Waals surface area (Å²) < 4.78 is 0. The molecule has 2 nitrogen and oxygen atoms in total. The van der Waals surface area contributed by atoms with Gasteiger partial charge in [-0.25, -0.2) is 0 Å². The minimum atomic E-state index is 0.465. The van der Waals surface area contributed by atoms with Crippen LogP contribution in [0.5, 0.6) is 0 Å². The van der Waals surface area contributed by atoms with E-state index >= 15 is 0 Å². The number of rotatable bonds is 10. The predicted molar refractivity (Wildman–Crippen MR) is 101 cm³/mol. The Labute approximate surface area is 145 Å². The van der Waals surface area contributed by atoms with Crippen LogP contribution in [0.1, 0.15) is 25.3 Å². The van der Waals surface area contributed by atoms with Crippen LogP contribution in [0.15, 0.2) is 24.3 Å². The molecule has 2 atom stereocenters. The molecule has 0 spiro atoms. The molecule has 1 N–H and O–H groups in total. The molecule has 0 bridgehead atoms. The molecule has 5 heteroatoms. The van der Waals surface area contributed by atoms with Gasteiger partial charge in [-0.3, -0.25) is 4.90 Å². The predicted octanol–water partition coefficient (Wildman–Crippen LogP) is 3.58. The molecule has 21 heavy (non-hydrogen) atoms. The summed E-state index contributed by atoms with van der Waals surface area (Å²) in [6.45, 7) is 8.56. The van der Waals surface area contributed by atoms with Crippen molar-refractivity contribution in [1.82, 2.24) is 10.2 Å². The van der Waals surface area contributed by atoms with Gasteiger partial charge in [-0.15, -0.1) is 0 Å². The SMILES string of the molecule is C[C@H]([C@@H](C)c1ccc(Cl)cc1)N(CCS)CCNCCS. The minimum absolute atomic E-state index is 0.465. The molecular weight excluding hydrogens is 320 g/mol. The van der Waals surface area contributed by atoms with Gasteiger partial charge in [0.15, 0.2) is 0 Å². The van der Waals surface area contributed by atoms with Gasteiger partial charge in [0.2, 0.25) is 0 Å². The normalized spacial score (nSPS) is 14.4. The van der Waals surface area contributed by atoms with Crippen molar-refractivity contribution in [2.75, 3.05) is 37.7 Å². The van der Waals surface area contributed by atoms with E-state index in [2.05, 4.69) is 61.5 Å². The average molecular weight is 347 g/mol. The highest BCUT2D eigenvalue weighted by Gasteiger charge is 2.20. The molecule has 0 saturated carbocycles. The van der Waals surface area contributed by atoms with Crippen molar-refractivity contribution >= 4 is 36.9 Å². The zero-order chi connectivity index (χ0) is 15.7.